The number of carbonyl (C=O) groups is 2. The second-order valence-corrected chi connectivity index (χ2v) is 7.76. The second kappa shape index (κ2) is 6.95. The van der Waals surface area contributed by atoms with Crippen LogP contribution in [0.5, 0.6) is 0 Å². The van der Waals surface area contributed by atoms with E-state index in [-0.39, 0.29) is 22.0 Å². The molecule has 0 amide bonds. The molecular weight excluding hydrogens is 364 g/mol. The molecule has 0 saturated carbocycles. The molecule has 1 aromatic rings. The van der Waals surface area contributed by atoms with Gasteiger partial charge in [0.15, 0.2) is 12.2 Å². The molecule has 1 aliphatic rings. The number of alkyl halides is 1. The van der Waals surface area contributed by atoms with Crippen LogP contribution in [0.3, 0.4) is 0 Å². The van der Waals surface area contributed by atoms with Crippen molar-refractivity contribution in [3.63, 3.8) is 0 Å². The first-order chi connectivity index (χ1) is 9.49. The summed E-state index contributed by atoms with van der Waals surface area (Å²) < 4.78 is 10.8. The number of hydrogen-bond acceptors (Lipinski definition) is 6. The van der Waals surface area contributed by atoms with Crippen LogP contribution >= 0.6 is 39.0 Å². The minimum atomic E-state index is -0.474. The summed E-state index contributed by atoms with van der Waals surface area (Å²) in [6, 6.07) is 3.98. The summed E-state index contributed by atoms with van der Waals surface area (Å²) >= 11 is 6.84. The molecule has 0 N–H and O–H groups in total. The molecule has 0 bridgehead atoms. The number of rotatable bonds is 3. The van der Waals surface area contributed by atoms with Gasteiger partial charge in [0.25, 0.3) is 0 Å². The van der Waals surface area contributed by atoms with Gasteiger partial charge in [-0.05, 0) is 11.4 Å². The Bertz CT molecular complexity index is 477. The normalized spacial score (nSPS) is 29.8. The highest BCUT2D eigenvalue weighted by Crippen LogP contribution is 2.45. The van der Waals surface area contributed by atoms with Crippen LogP contribution < -0.4 is 0 Å². The van der Waals surface area contributed by atoms with E-state index in [4.69, 9.17) is 9.47 Å². The lowest BCUT2D eigenvalue weighted by Gasteiger charge is -2.38. The molecule has 0 aliphatic carbocycles. The van der Waals surface area contributed by atoms with Crippen molar-refractivity contribution in [2.45, 2.75) is 36.1 Å². The number of thioether (sulfide) groups is 1. The lowest BCUT2D eigenvalue weighted by molar-refractivity contribution is -0.165. The van der Waals surface area contributed by atoms with Crippen molar-refractivity contribution in [1.82, 2.24) is 0 Å². The number of hydrogen-bond donors (Lipinski definition) is 0. The number of ether oxygens (including phenoxy) is 2. The van der Waals surface area contributed by atoms with Crippen molar-refractivity contribution in [3.8, 4) is 0 Å². The third-order valence-corrected chi connectivity index (χ3v) is 6.65. The highest BCUT2D eigenvalue weighted by atomic mass is 79.9. The average molecular weight is 379 g/mol. The first kappa shape index (κ1) is 15.9. The van der Waals surface area contributed by atoms with Crippen LogP contribution in [-0.2, 0) is 19.1 Å². The van der Waals surface area contributed by atoms with E-state index < -0.39 is 12.2 Å². The summed E-state index contributed by atoms with van der Waals surface area (Å²) in [6.45, 7) is 2.74. The SMILES string of the molecule is CC(=O)O[C@@H]1[C@@H](OC(C)=O)[C@H](c2cccs2)SC[C@H]1Br. The molecule has 110 valence electrons. The Hall–Kier alpha value is -0.530. The zero-order chi connectivity index (χ0) is 14.7. The molecular formula is C13H15BrO4S2. The summed E-state index contributed by atoms with van der Waals surface area (Å²) in [4.78, 5) is 23.8. The van der Waals surface area contributed by atoms with Crippen molar-refractivity contribution in [1.29, 1.82) is 0 Å². The van der Waals surface area contributed by atoms with E-state index in [2.05, 4.69) is 15.9 Å². The molecule has 0 spiro atoms. The van der Waals surface area contributed by atoms with Crippen LogP contribution in [0.4, 0.5) is 0 Å². The summed E-state index contributed by atoms with van der Waals surface area (Å²) in [5.74, 6) is 0.0579. The number of carbonyl (C=O) groups excluding carboxylic acids is 2. The fraction of sp³-hybridized carbons (Fsp3) is 0.538. The monoisotopic (exact) mass is 378 g/mol. The van der Waals surface area contributed by atoms with Gasteiger partial charge in [0.1, 0.15) is 0 Å². The maximum absolute atomic E-state index is 11.4. The molecule has 0 aromatic carbocycles. The van der Waals surface area contributed by atoms with Crippen molar-refractivity contribution < 1.29 is 19.1 Å². The quantitative estimate of drug-likeness (QED) is 0.597. The molecule has 4 nitrogen and oxygen atoms in total. The molecule has 1 aromatic heterocycles. The molecule has 2 heterocycles. The van der Waals surface area contributed by atoms with Crippen LogP contribution in [0, 0.1) is 0 Å². The van der Waals surface area contributed by atoms with Crippen molar-refractivity contribution in [2.75, 3.05) is 5.75 Å². The predicted molar refractivity (Wildman–Crippen MR) is 83.3 cm³/mol. The van der Waals surface area contributed by atoms with Gasteiger partial charge in [-0.2, -0.15) is 0 Å². The molecule has 20 heavy (non-hydrogen) atoms. The maximum atomic E-state index is 11.4. The Morgan fingerprint density at radius 2 is 1.90 bits per heavy atom. The minimum absolute atomic E-state index is 0.00273. The van der Waals surface area contributed by atoms with E-state index in [0.29, 0.717) is 0 Å². The van der Waals surface area contributed by atoms with Gasteiger partial charge in [0.05, 0.1) is 10.1 Å². The Morgan fingerprint density at radius 3 is 2.45 bits per heavy atom. The molecule has 1 aliphatic heterocycles. The molecule has 1 saturated heterocycles. The van der Waals surface area contributed by atoms with E-state index in [0.717, 1.165) is 10.6 Å². The largest absolute Gasteiger partial charge is 0.457 e. The summed E-state index contributed by atoms with van der Waals surface area (Å²) in [5.41, 5.74) is 0. The zero-order valence-corrected chi connectivity index (χ0v) is 14.3. The van der Waals surface area contributed by atoms with Gasteiger partial charge in [0, 0.05) is 24.5 Å². The second-order valence-electron chi connectivity index (χ2n) is 4.43. The number of halogens is 1. The number of thiophene rings is 1. The van der Waals surface area contributed by atoms with Crippen LogP contribution in [0.15, 0.2) is 17.5 Å². The van der Waals surface area contributed by atoms with Gasteiger partial charge in [-0.1, -0.05) is 22.0 Å². The third-order valence-electron chi connectivity index (χ3n) is 2.84. The molecule has 0 unspecified atom stereocenters. The first-order valence-electron chi connectivity index (χ1n) is 6.12. The van der Waals surface area contributed by atoms with Gasteiger partial charge >= 0.3 is 11.9 Å². The van der Waals surface area contributed by atoms with E-state index >= 15 is 0 Å². The number of esters is 2. The Labute approximate surface area is 134 Å². The van der Waals surface area contributed by atoms with Gasteiger partial charge in [-0.25, -0.2) is 0 Å². The van der Waals surface area contributed by atoms with Crippen LogP contribution in [0.25, 0.3) is 0 Å². The van der Waals surface area contributed by atoms with Gasteiger partial charge in [0.2, 0.25) is 0 Å². The Balaban J connectivity index is 2.26. The summed E-state index contributed by atoms with van der Waals surface area (Å²) in [7, 11) is 0. The topological polar surface area (TPSA) is 52.6 Å². The Kier molecular flexibility index (Phi) is 5.51. The molecule has 4 atom stereocenters. The molecule has 7 heteroatoms. The fourth-order valence-electron chi connectivity index (χ4n) is 2.11. The average Bonchev–Trinajstić information content (AvgIpc) is 2.86. The molecule has 0 radical (unpaired) electrons. The van der Waals surface area contributed by atoms with E-state index in [9.17, 15) is 9.59 Å². The fourth-order valence-corrected chi connectivity index (χ4v) is 5.31. The maximum Gasteiger partial charge on any atom is 0.303 e. The Morgan fingerprint density at radius 1 is 1.25 bits per heavy atom. The van der Waals surface area contributed by atoms with Crippen molar-refractivity contribution >= 4 is 51.0 Å². The van der Waals surface area contributed by atoms with Gasteiger partial charge < -0.3 is 9.47 Å². The van der Waals surface area contributed by atoms with Gasteiger partial charge in [-0.15, -0.1) is 23.1 Å². The minimum Gasteiger partial charge on any atom is -0.457 e. The standard InChI is InChI=1S/C13H15BrO4S2/c1-7(15)17-11-9(14)6-20-13(10-4-3-5-19-10)12(11)18-8(2)16/h3-5,9,11-13H,6H2,1-2H3/t9-,11+,12-,13+/m1/s1. The predicted octanol–water partition coefficient (Wildman–Crippen LogP) is 3.16. The smallest absolute Gasteiger partial charge is 0.303 e. The van der Waals surface area contributed by atoms with E-state index in [1.807, 2.05) is 17.5 Å². The van der Waals surface area contributed by atoms with Crippen LogP contribution in [0.2, 0.25) is 0 Å². The van der Waals surface area contributed by atoms with Gasteiger partial charge in [-0.3, -0.25) is 9.59 Å². The zero-order valence-electron chi connectivity index (χ0n) is 11.1. The lowest BCUT2D eigenvalue weighted by Crippen LogP contribution is -2.47. The molecule has 1 fully saturated rings. The van der Waals surface area contributed by atoms with E-state index in [1.54, 1.807) is 23.1 Å². The summed E-state index contributed by atoms with van der Waals surface area (Å²) in [5, 5.41) is 1.99. The highest BCUT2D eigenvalue weighted by Gasteiger charge is 2.44. The third kappa shape index (κ3) is 3.77. The van der Waals surface area contributed by atoms with Crippen LogP contribution in [-0.4, -0.2) is 34.7 Å². The highest BCUT2D eigenvalue weighted by molar-refractivity contribution is 9.09. The lowest BCUT2D eigenvalue weighted by atomic mass is 10.1. The van der Waals surface area contributed by atoms with E-state index in [1.165, 1.54) is 13.8 Å². The van der Waals surface area contributed by atoms with Crippen LogP contribution in [0.1, 0.15) is 24.0 Å². The van der Waals surface area contributed by atoms with Crippen molar-refractivity contribution in [3.05, 3.63) is 22.4 Å². The molecule has 2 rings (SSSR count). The summed E-state index contributed by atoms with van der Waals surface area (Å²) in [6.07, 6.45) is -0.942. The van der Waals surface area contributed by atoms with Crippen molar-refractivity contribution in [2.24, 2.45) is 0 Å². The first-order valence-corrected chi connectivity index (χ1v) is 8.97.